The fourth-order valence-corrected chi connectivity index (χ4v) is 16.1. The van der Waals surface area contributed by atoms with Gasteiger partial charge in [-0.25, -0.2) is 0 Å². The van der Waals surface area contributed by atoms with Crippen LogP contribution in [0.3, 0.4) is 0 Å². The van der Waals surface area contributed by atoms with Crippen molar-refractivity contribution >= 4 is 0 Å². The van der Waals surface area contributed by atoms with Gasteiger partial charge in [-0.2, -0.15) is 0 Å². The number of piperazine rings is 1. The molecule has 0 aromatic carbocycles. The largest absolute Gasteiger partial charge is 0.378 e. The molecule has 0 saturated carbocycles. The summed E-state index contributed by atoms with van der Waals surface area (Å²) in [7, 11) is 2.28. The lowest BCUT2D eigenvalue weighted by atomic mass is 9.71. The summed E-state index contributed by atoms with van der Waals surface area (Å²) in [5, 5.41) is 0. The number of morpholine rings is 1. The van der Waals surface area contributed by atoms with Gasteiger partial charge in [-0.15, -0.1) is 0 Å². The van der Waals surface area contributed by atoms with Crippen LogP contribution in [0.15, 0.2) is 24.3 Å². The van der Waals surface area contributed by atoms with Crippen LogP contribution in [0.5, 0.6) is 0 Å². The highest BCUT2D eigenvalue weighted by Crippen LogP contribution is 2.47. The fraction of sp³-hybridized carbons (Fsp3) is 0.952. The van der Waals surface area contributed by atoms with Crippen molar-refractivity contribution in [3.8, 4) is 0 Å². The van der Waals surface area contributed by atoms with E-state index in [1.165, 1.54) is 45.2 Å². The van der Waals surface area contributed by atoms with Gasteiger partial charge >= 0.3 is 0 Å². The zero-order valence-electron chi connectivity index (χ0n) is 71.0. The first-order valence-corrected chi connectivity index (χ1v) is 37.2. The van der Waals surface area contributed by atoms with Gasteiger partial charge in [0.25, 0.3) is 0 Å². The monoisotopic (exact) mass is 1280 g/mol. The lowest BCUT2D eigenvalue weighted by molar-refractivity contribution is -0.148. The van der Waals surface area contributed by atoms with Crippen molar-refractivity contribution in [3.63, 3.8) is 0 Å². The van der Waals surface area contributed by atoms with Crippen molar-refractivity contribution in [2.75, 3.05) is 33.4 Å². The van der Waals surface area contributed by atoms with Crippen molar-refractivity contribution in [2.24, 2.45) is 54.1 Å². The second-order valence-electron chi connectivity index (χ2n) is 45.6. The summed E-state index contributed by atoms with van der Waals surface area (Å²) in [5.41, 5.74) is 4.15. The molecule has 0 spiro atoms. The number of ether oxygens (including phenoxy) is 1. The molecule has 5 aliphatic rings. The van der Waals surface area contributed by atoms with Crippen LogP contribution < -0.4 is 0 Å². The van der Waals surface area contributed by atoms with Gasteiger partial charge in [0.15, 0.2) is 0 Å². The van der Waals surface area contributed by atoms with E-state index in [1.54, 1.807) is 0 Å². The summed E-state index contributed by atoms with van der Waals surface area (Å²) in [6.07, 6.45) is 16.1. The number of likely N-dealkylation sites (N-methyl/N-ethyl adjacent to an activating group) is 1. The van der Waals surface area contributed by atoms with E-state index in [0.29, 0.717) is 92.9 Å². The minimum absolute atomic E-state index is 0.180. The first-order valence-electron chi connectivity index (χ1n) is 37.2. The van der Waals surface area contributed by atoms with Crippen LogP contribution >= 0.6 is 0 Å². The molecule has 3 saturated heterocycles. The van der Waals surface area contributed by atoms with Crippen LogP contribution in [0.4, 0.5) is 0 Å². The van der Waals surface area contributed by atoms with E-state index in [4.69, 9.17) is 4.74 Å². The van der Waals surface area contributed by atoms with Crippen LogP contribution in [0.1, 0.15) is 344 Å². The molecule has 7 nitrogen and oxygen atoms in total. The normalized spacial score (nSPS) is 28.2. The lowest BCUT2D eigenvalue weighted by Crippen LogP contribution is -2.69. The van der Waals surface area contributed by atoms with E-state index >= 15 is 0 Å². The first-order chi connectivity index (χ1) is 39.6. The Bertz CT molecular complexity index is 2000. The van der Waals surface area contributed by atoms with E-state index in [9.17, 15) is 0 Å². The molecule has 10 atom stereocenters. The zero-order valence-corrected chi connectivity index (χ0v) is 71.0. The molecule has 542 valence electrons. The molecule has 91 heavy (non-hydrogen) atoms. The van der Waals surface area contributed by atoms with Crippen LogP contribution in [0.2, 0.25) is 0 Å². The molecule has 0 aromatic heterocycles. The molecule has 0 amide bonds. The average molecular weight is 1280 g/mol. The van der Waals surface area contributed by atoms with Crippen molar-refractivity contribution in [3.05, 3.63) is 24.3 Å². The van der Waals surface area contributed by atoms with Crippen LogP contribution in [-0.4, -0.2) is 151 Å². The fourth-order valence-electron chi connectivity index (χ4n) is 16.1. The Morgan fingerprint density at radius 3 is 0.659 bits per heavy atom. The maximum Gasteiger partial charge on any atom is 0.0628 e. The second kappa shape index (κ2) is 30.4. The summed E-state index contributed by atoms with van der Waals surface area (Å²) in [6.45, 7) is 110. The summed E-state index contributed by atoms with van der Waals surface area (Å²) in [4.78, 5) is 16.3. The van der Waals surface area contributed by atoms with Gasteiger partial charge in [-0.1, -0.05) is 238 Å². The SMILES string of the molecule is CC(C)(C)C1C=CCC(C(C)(C)C)N1C(C)(C)C.CC(C)(C)C1C=CCC(C(C)(C)C)N1C(C)(C)C.CC(C)(C)C1CCCC(C(C)(C)C)N1C(C)(C)C.CC(C)(C)C1COCC(C(C)(C)C)N1C(C)(C)C.CN1CC(C(C)(C)C)N(C(C)(C)C)C(C(C)(C)C)C1. The summed E-state index contributed by atoms with van der Waals surface area (Å²) in [5.74, 6) is 0. The van der Waals surface area contributed by atoms with E-state index in [2.05, 4.69) is 372 Å². The number of likely N-dealkylation sites (tertiary alicyclic amines) is 1. The van der Waals surface area contributed by atoms with E-state index < -0.39 is 0 Å². The van der Waals surface area contributed by atoms with Gasteiger partial charge in [0.05, 0.1) is 13.2 Å². The van der Waals surface area contributed by atoms with Crippen molar-refractivity contribution in [1.29, 1.82) is 0 Å². The summed E-state index contributed by atoms with van der Waals surface area (Å²) >= 11 is 0. The molecule has 10 unspecified atom stereocenters. The standard InChI is InChI=1S/C17H36N2.C17H35N.2C17H33N.C16H33NO/c1-15(2,3)13-11-18(10)12-14(16(4,5)6)19(13)17(7,8)9;3*1-15(2,3)13-11-10-12-14(16(4,5)6)18(13)17(7,8)9;1-14(2,3)12-10-18-11-13(15(4,5)6)17(12)16(7,8)9/h13-14H,11-12H2,1-10H3;13-14H,10-12H2,1-9H3;2*10-11,13-14H,12H2,1-9H3;12-13H,10-11H2,1-9H3. The lowest BCUT2D eigenvalue weighted by Gasteiger charge is -2.59. The number of rotatable bonds is 0. The summed E-state index contributed by atoms with van der Waals surface area (Å²) < 4.78 is 5.93. The van der Waals surface area contributed by atoms with Gasteiger partial charge in [0, 0.05) is 101 Å². The van der Waals surface area contributed by atoms with Crippen molar-refractivity contribution < 1.29 is 4.74 Å². The molecule has 7 heteroatoms. The Balaban J connectivity index is 0.000000569. The molecular weight excluding hydrogens is 1110 g/mol. The third kappa shape index (κ3) is 26.1. The number of nitrogens with zero attached hydrogens (tertiary/aromatic N) is 6. The molecule has 0 aromatic rings. The Kier molecular flexibility index (Phi) is 29.4. The van der Waals surface area contributed by atoms with Gasteiger partial charge < -0.3 is 9.64 Å². The van der Waals surface area contributed by atoms with E-state index in [0.717, 1.165) is 13.2 Å². The van der Waals surface area contributed by atoms with Crippen LogP contribution in [0.25, 0.3) is 0 Å². The molecule has 3 fully saturated rings. The number of hydrogen-bond donors (Lipinski definition) is 0. The quantitative estimate of drug-likeness (QED) is 0.223. The third-order valence-electron chi connectivity index (χ3n) is 20.8. The van der Waals surface area contributed by atoms with E-state index in [1.807, 2.05) is 0 Å². The molecule has 5 rings (SSSR count). The van der Waals surface area contributed by atoms with Gasteiger partial charge in [-0.05, 0) is 191 Å². The zero-order chi connectivity index (χ0) is 72.6. The minimum atomic E-state index is 0.180. The molecule has 0 radical (unpaired) electrons. The minimum Gasteiger partial charge on any atom is -0.378 e. The predicted octanol–water partition coefficient (Wildman–Crippen LogP) is 22.7. The smallest absolute Gasteiger partial charge is 0.0628 e. The second-order valence-corrected chi connectivity index (χ2v) is 45.6. The predicted molar refractivity (Wildman–Crippen MR) is 410 cm³/mol. The highest BCUT2D eigenvalue weighted by Gasteiger charge is 2.51. The molecule has 0 aliphatic carbocycles. The highest BCUT2D eigenvalue weighted by molar-refractivity contribution is 5.14. The summed E-state index contributed by atoms with van der Waals surface area (Å²) in [6, 6.07) is 5.87. The molecule has 5 aliphatic heterocycles. The molecule has 0 bridgehead atoms. The highest BCUT2D eigenvalue weighted by atomic mass is 16.5. The number of piperidine rings is 1. The van der Waals surface area contributed by atoms with E-state index in [-0.39, 0.29) is 49.4 Å². The first kappa shape index (κ1) is 88.2. The van der Waals surface area contributed by atoms with Gasteiger partial charge in [0.1, 0.15) is 0 Å². The Morgan fingerprint density at radius 1 is 0.253 bits per heavy atom. The van der Waals surface area contributed by atoms with Crippen molar-refractivity contribution in [2.45, 2.75) is 432 Å². The van der Waals surface area contributed by atoms with Crippen molar-refractivity contribution in [1.82, 2.24) is 29.4 Å². The topological polar surface area (TPSA) is 28.7 Å². The molecule has 5 heterocycles. The average Bonchev–Trinajstić information content (AvgIpc) is 0.861. The van der Waals surface area contributed by atoms with Gasteiger partial charge in [-0.3, -0.25) is 24.5 Å². The maximum absolute atomic E-state index is 5.93. The maximum atomic E-state index is 5.93. The third-order valence-corrected chi connectivity index (χ3v) is 20.8. The molecule has 0 N–H and O–H groups in total. The Hall–Kier alpha value is -0.800. The Morgan fingerprint density at radius 2 is 0.462 bits per heavy atom. The number of hydrogen-bond acceptors (Lipinski definition) is 7. The van der Waals surface area contributed by atoms with Gasteiger partial charge in [0.2, 0.25) is 0 Å². The molecular formula is C84H170N6O. The Labute approximate surface area is 574 Å². The van der Waals surface area contributed by atoms with Crippen LogP contribution in [-0.2, 0) is 4.74 Å². The van der Waals surface area contributed by atoms with Crippen LogP contribution in [0, 0.1) is 54.1 Å².